The van der Waals surface area contributed by atoms with E-state index in [2.05, 4.69) is 82.0 Å². The number of amides is 3. The lowest BCUT2D eigenvalue weighted by atomic mass is 9.91. The molecule has 0 spiro atoms. The molecule has 1 aliphatic carbocycles. The van der Waals surface area contributed by atoms with Crippen molar-refractivity contribution in [1.29, 1.82) is 0 Å². The average molecular weight is 939 g/mol. The summed E-state index contributed by atoms with van der Waals surface area (Å²) in [7, 11) is -8.69. The first kappa shape index (κ1) is 45.6. The van der Waals surface area contributed by atoms with Crippen molar-refractivity contribution < 1.29 is 49.6 Å². The number of hydrogen-bond acceptors (Lipinski definition) is 10. The molecule has 0 saturated carbocycles. The minimum Gasteiger partial charge on any atom is -0.748 e. The molecule has 5 aromatic carbocycles. The van der Waals surface area contributed by atoms with Crippen LogP contribution >= 0.6 is 0 Å². The first-order valence-electron chi connectivity index (χ1n) is 22.5. The van der Waals surface area contributed by atoms with Crippen LogP contribution in [-0.4, -0.2) is 81.5 Å². The van der Waals surface area contributed by atoms with Crippen LogP contribution in [0.15, 0.2) is 132 Å². The molecule has 3 heterocycles. The molecule has 3 aliphatic rings. The van der Waals surface area contributed by atoms with Crippen molar-refractivity contribution in [2.75, 3.05) is 18.1 Å². The Morgan fingerprint density at radius 2 is 1.36 bits per heavy atom. The van der Waals surface area contributed by atoms with Crippen LogP contribution in [0.2, 0.25) is 0 Å². The largest absolute Gasteiger partial charge is 0.748 e. The van der Waals surface area contributed by atoms with E-state index in [0.717, 1.165) is 77.2 Å². The molecule has 6 aromatic rings. The van der Waals surface area contributed by atoms with E-state index >= 15 is 0 Å². The quantitative estimate of drug-likeness (QED) is 0.0385. The summed E-state index contributed by atoms with van der Waals surface area (Å²) < 4.78 is 79.9. The Kier molecular flexibility index (Phi) is 12.9. The maximum Gasteiger partial charge on any atom is 0.240 e. The number of aryl methyl sites for hydroxylation is 1. The fourth-order valence-corrected chi connectivity index (χ4v) is 10.7. The molecule has 2 aliphatic heterocycles. The predicted molar refractivity (Wildman–Crippen MR) is 255 cm³/mol. The van der Waals surface area contributed by atoms with E-state index in [1.54, 1.807) is 24.3 Å². The van der Waals surface area contributed by atoms with Crippen molar-refractivity contribution in [2.24, 2.45) is 0 Å². The predicted octanol–water partition coefficient (Wildman–Crippen LogP) is 7.46. The van der Waals surface area contributed by atoms with Crippen LogP contribution in [0.4, 0.5) is 5.69 Å². The number of likely N-dealkylation sites (tertiary alicyclic amines) is 1. The van der Waals surface area contributed by atoms with Crippen LogP contribution in [0.1, 0.15) is 68.9 Å². The molecule has 67 heavy (non-hydrogen) atoms. The molecule has 9 rings (SSSR count). The topological polar surface area (TPSA) is 186 Å². The van der Waals surface area contributed by atoms with Gasteiger partial charge in [0.05, 0.1) is 37.6 Å². The summed E-state index contributed by atoms with van der Waals surface area (Å²) in [6.07, 6.45) is 11.9. The SMILES string of the molecule is O=C1CCC(=O)N1C(=O)Cc1ccc(OC2=C(/C=C/C3=[N+](CCCCS(=O)(=O)[O-])c4cccc5cccc3c45)CCCC2=C/C=c2/c3cccc4cccc(c43)n2CCCCS(=O)(=O)[O-])cc1. The summed E-state index contributed by atoms with van der Waals surface area (Å²) in [6, 6.07) is 31.5. The zero-order valence-corrected chi connectivity index (χ0v) is 38.3. The molecule has 0 radical (unpaired) electrons. The van der Waals surface area contributed by atoms with Gasteiger partial charge < -0.3 is 18.4 Å². The van der Waals surface area contributed by atoms with Crippen LogP contribution in [0, 0.1) is 0 Å². The second kappa shape index (κ2) is 19.0. The number of aromatic nitrogens is 1. The van der Waals surface area contributed by atoms with Crippen molar-refractivity contribution in [3.05, 3.63) is 149 Å². The molecule has 0 unspecified atom stereocenters. The van der Waals surface area contributed by atoms with Gasteiger partial charge in [0.25, 0.3) is 0 Å². The summed E-state index contributed by atoms with van der Waals surface area (Å²) in [6.45, 7) is 0.995. The number of allylic oxidation sites excluding steroid dienone is 5. The van der Waals surface area contributed by atoms with Crippen LogP contribution in [0.25, 0.3) is 38.5 Å². The standard InChI is InChI=1S/C52H49N3O10S2/c56-47-28-29-48(57)55(47)49(58)34-35-20-24-40(25-21-35)65-52-38(22-26-43-41-16-6-10-36-12-8-18-45(50(36)41)53(43)30-1-3-32-66(59,60)61)14-5-15-39(52)23-27-44-42-17-7-11-37-13-9-19-46(51(37)42)54(44)31-2-4-33-67(62,63)64/h6-13,16-27H,1-5,14-15,28-34H2,(H-,59,60,61,62,63,64)/p-1. The molecule has 0 atom stereocenters. The van der Waals surface area contributed by atoms with E-state index in [1.165, 1.54) is 0 Å². The van der Waals surface area contributed by atoms with Crippen molar-refractivity contribution in [2.45, 2.75) is 70.8 Å². The number of rotatable bonds is 17. The summed E-state index contributed by atoms with van der Waals surface area (Å²) >= 11 is 0. The monoisotopic (exact) mass is 938 g/mol. The van der Waals surface area contributed by atoms with Gasteiger partial charge in [0, 0.05) is 71.1 Å². The van der Waals surface area contributed by atoms with Gasteiger partial charge in [-0.3, -0.25) is 14.4 Å². The van der Waals surface area contributed by atoms with Crippen molar-refractivity contribution in [1.82, 2.24) is 9.47 Å². The average Bonchev–Trinajstić information content (AvgIpc) is 3.91. The van der Waals surface area contributed by atoms with Crippen LogP contribution in [0.5, 0.6) is 5.75 Å². The number of nitrogens with zero attached hydrogens (tertiary/aromatic N) is 3. The number of unbranched alkanes of at least 4 members (excludes halogenated alkanes) is 2. The molecule has 0 bridgehead atoms. The Morgan fingerprint density at radius 1 is 0.701 bits per heavy atom. The number of ether oxygens (including phenoxy) is 1. The summed E-state index contributed by atoms with van der Waals surface area (Å²) in [5.41, 5.74) is 6.45. The third kappa shape index (κ3) is 9.96. The molecule has 1 fully saturated rings. The van der Waals surface area contributed by atoms with Crippen LogP contribution < -0.4 is 10.1 Å². The van der Waals surface area contributed by atoms with E-state index in [4.69, 9.17) is 4.74 Å². The molecular formula is C52H48N3O10S2-. The third-order valence-corrected chi connectivity index (χ3v) is 14.3. The third-order valence-electron chi connectivity index (χ3n) is 12.7. The first-order valence-corrected chi connectivity index (χ1v) is 25.7. The van der Waals surface area contributed by atoms with Gasteiger partial charge in [0.2, 0.25) is 29.1 Å². The Hall–Kier alpha value is -6.52. The fraction of sp³-hybridized carbons (Fsp3) is 0.269. The van der Waals surface area contributed by atoms with E-state index in [9.17, 15) is 40.3 Å². The molecular weight excluding hydrogens is 891 g/mol. The lowest BCUT2D eigenvalue weighted by Gasteiger charge is -2.22. The van der Waals surface area contributed by atoms with Crippen molar-refractivity contribution in [3.63, 3.8) is 0 Å². The molecule has 0 N–H and O–H groups in total. The van der Waals surface area contributed by atoms with Crippen molar-refractivity contribution in [3.8, 4) is 5.75 Å². The number of hydrogen-bond donors (Lipinski definition) is 0. The number of carbonyl (C=O) groups excluding carboxylic acids is 3. The van der Waals surface area contributed by atoms with Gasteiger partial charge in [-0.1, -0.05) is 72.8 Å². The van der Waals surface area contributed by atoms with Gasteiger partial charge in [-0.2, -0.15) is 4.58 Å². The molecule has 1 saturated heterocycles. The Morgan fingerprint density at radius 3 is 2.07 bits per heavy atom. The molecule has 15 heteroatoms. The van der Waals surface area contributed by atoms with Gasteiger partial charge in [-0.15, -0.1) is 0 Å². The molecule has 1 aromatic heterocycles. The summed E-state index contributed by atoms with van der Waals surface area (Å²) in [5, 5.41) is 6.29. The highest BCUT2D eigenvalue weighted by Crippen LogP contribution is 2.38. The lowest BCUT2D eigenvalue weighted by Crippen LogP contribution is -2.36. The minimum absolute atomic E-state index is 0.0280. The highest BCUT2D eigenvalue weighted by Gasteiger charge is 2.34. The highest BCUT2D eigenvalue weighted by molar-refractivity contribution is 7.85. The summed E-state index contributed by atoms with van der Waals surface area (Å²) in [4.78, 5) is 38.2. The molecule has 344 valence electrons. The zero-order valence-electron chi connectivity index (χ0n) is 36.7. The second-order valence-electron chi connectivity index (χ2n) is 17.2. The number of imide groups is 3. The van der Waals surface area contributed by atoms with Gasteiger partial charge in [-0.25, -0.2) is 21.7 Å². The smallest absolute Gasteiger partial charge is 0.240 e. The Bertz CT molecular complexity index is 3370. The summed E-state index contributed by atoms with van der Waals surface area (Å²) in [5.74, 6) is -1.23. The van der Waals surface area contributed by atoms with Gasteiger partial charge >= 0.3 is 0 Å². The van der Waals surface area contributed by atoms with E-state index in [-0.39, 0.29) is 32.1 Å². The normalized spacial score (nSPS) is 16.7. The lowest BCUT2D eigenvalue weighted by molar-refractivity contribution is -0.436. The van der Waals surface area contributed by atoms with Crippen molar-refractivity contribution >= 4 is 87.9 Å². The molecule has 3 amide bonds. The fourth-order valence-electron chi connectivity index (χ4n) is 9.62. The van der Waals surface area contributed by atoms with Crippen LogP contribution in [0.3, 0.4) is 0 Å². The van der Waals surface area contributed by atoms with Gasteiger partial charge in [0.15, 0.2) is 0 Å². The maximum absolute atomic E-state index is 13.0. The maximum atomic E-state index is 13.0. The van der Waals surface area contributed by atoms with E-state index in [0.29, 0.717) is 55.8 Å². The minimum atomic E-state index is -4.35. The van der Waals surface area contributed by atoms with Crippen LogP contribution in [-0.2, 0) is 47.6 Å². The molecule has 13 nitrogen and oxygen atoms in total. The Labute approximate surface area is 388 Å². The van der Waals surface area contributed by atoms with Gasteiger partial charge in [-0.05, 0) is 102 Å². The van der Waals surface area contributed by atoms with Gasteiger partial charge in [0.1, 0.15) is 18.1 Å². The highest BCUT2D eigenvalue weighted by atomic mass is 32.2. The Balaban J connectivity index is 1.12. The number of benzene rings is 5. The van der Waals surface area contributed by atoms with E-state index in [1.807, 2.05) is 24.3 Å². The zero-order chi connectivity index (χ0) is 46.9. The number of carbonyl (C=O) groups is 3. The van der Waals surface area contributed by atoms with E-state index < -0.39 is 49.5 Å². The first-order chi connectivity index (χ1) is 32.2. The second-order valence-corrected chi connectivity index (χ2v) is 20.3.